The molecule has 3 atom stereocenters. The molecule has 0 saturated heterocycles. The van der Waals surface area contributed by atoms with Crippen molar-refractivity contribution in [3.05, 3.63) is 0 Å². The average molecular weight is 363 g/mol. The highest BCUT2D eigenvalue weighted by Crippen LogP contribution is 1.94. The lowest BCUT2D eigenvalue weighted by atomic mass is 10.1. The molecular weight excluding hydrogens is 342 g/mol. The number of nitrogens with two attached hydrogens (primary N) is 2. The standard InChI is InChI=1S/C12H21N5O6S/c1-5(12(22)23)16-9(19)3-15-11(21)7(2-8(14)18)17-10(20)6(13)4-24/h5-7,24H,2-4,13H2,1H3,(H2,14,18)(H,15,21)(H,16,19)(H,17,20)(H,22,23). The molecule has 12 heteroatoms. The van der Waals surface area contributed by atoms with Crippen molar-refractivity contribution in [2.75, 3.05) is 12.3 Å². The Bertz CT molecular complexity index is 514. The van der Waals surface area contributed by atoms with Crippen LogP contribution in [0.25, 0.3) is 0 Å². The molecule has 4 amide bonds. The van der Waals surface area contributed by atoms with Crippen LogP contribution < -0.4 is 27.4 Å². The molecule has 11 nitrogen and oxygen atoms in total. The summed E-state index contributed by atoms with van der Waals surface area (Å²) in [6.45, 7) is 0.706. The smallest absolute Gasteiger partial charge is 0.325 e. The summed E-state index contributed by atoms with van der Waals surface area (Å²) in [7, 11) is 0. The van der Waals surface area contributed by atoms with E-state index in [4.69, 9.17) is 16.6 Å². The second-order valence-corrected chi connectivity index (χ2v) is 5.23. The van der Waals surface area contributed by atoms with Crippen molar-refractivity contribution in [3.8, 4) is 0 Å². The Kier molecular flexibility index (Phi) is 9.42. The molecule has 0 saturated carbocycles. The fourth-order valence-corrected chi connectivity index (χ4v) is 1.58. The SMILES string of the molecule is CC(NC(=O)CNC(=O)C(CC(N)=O)NC(=O)C(N)CS)C(=O)O. The van der Waals surface area contributed by atoms with Crippen LogP contribution in [0.1, 0.15) is 13.3 Å². The highest BCUT2D eigenvalue weighted by atomic mass is 32.1. The predicted octanol–water partition coefficient (Wildman–Crippen LogP) is -3.69. The van der Waals surface area contributed by atoms with Crippen molar-refractivity contribution in [1.82, 2.24) is 16.0 Å². The van der Waals surface area contributed by atoms with Gasteiger partial charge in [0.2, 0.25) is 23.6 Å². The van der Waals surface area contributed by atoms with E-state index in [2.05, 4.69) is 28.6 Å². The lowest BCUT2D eigenvalue weighted by Crippen LogP contribution is -2.54. The molecule has 0 aliphatic heterocycles. The van der Waals surface area contributed by atoms with Crippen LogP contribution in [0.4, 0.5) is 0 Å². The zero-order valence-electron chi connectivity index (χ0n) is 12.9. The van der Waals surface area contributed by atoms with Gasteiger partial charge in [-0.25, -0.2) is 0 Å². The second kappa shape index (κ2) is 10.4. The summed E-state index contributed by atoms with van der Waals surface area (Å²) < 4.78 is 0. The van der Waals surface area contributed by atoms with Gasteiger partial charge in [-0.3, -0.25) is 24.0 Å². The van der Waals surface area contributed by atoms with Gasteiger partial charge in [0, 0.05) is 5.75 Å². The van der Waals surface area contributed by atoms with E-state index in [0.717, 1.165) is 0 Å². The first-order valence-electron chi connectivity index (χ1n) is 6.83. The fraction of sp³-hybridized carbons (Fsp3) is 0.583. The number of hydrogen-bond donors (Lipinski definition) is 7. The van der Waals surface area contributed by atoms with Gasteiger partial charge in [0.25, 0.3) is 0 Å². The maximum Gasteiger partial charge on any atom is 0.325 e. The first kappa shape index (κ1) is 21.7. The van der Waals surface area contributed by atoms with Gasteiger partial charge in [0.1, 0.15) is 12.1 Å². The van der Waals surface area contributed by atoms with Crippen LogP contribution in [0.3, 0.4) is 0 Å². The number of thiol groups is 1. The molecule has 0 fully saturated rings. The molecule has 0 rings (SSSR count). The summed E-state index contributed by atoms with van der Waals surface area (Å²) in [6.07, 6.45) is -0.496. The van der Waals surface area contributed by atoms with Crippen molar-refractivity contribution in [2.45, 2.75) is 31.5 Å². The Labute approximate surface area is 143 Å². The van der Waals surface area contributed by atoms with Gasteiger partial charge in [0.15, 0.2) is 0 Å². The second-order valence-electron chi connectivity index (χ2n) is 4.87. The number of carboxylic acid groups (broad SMARTS) is 1. The molecule has 0 aliphatic rings. The molecule has 0 spiro atoms. The Hall–Kier alpha value is -2.34. The van der Waals surface area contributed by atoms with Crippen LogP contribution in [0.5, 0.6) is 0 Å². The first-order chi connectivity index (χ1) is 11.1. The Morgan fingerprint density at radius 1 is 1.12 bits per heavy atom. The van der Waals surface area contributed by atoms with Crippen LogP contribution in [0, 0.1) is 0 Å². The zero-order chi connectivity index (χ0) is 18.9. The highest BCUT2D eigenvalue weighted by molar-refractivity contribution is 7.80. The number of aliphatic carboxylic acids is 1. The molecule has 0 bridgehead atoms. The van der Waals surface area contributed by atoms with Gasteiger partial charge >= 0.3 is 5.97 Å². The molecule has 0 radical (unpaired) electrons. The van der Waals surface area contributed by atoms with Crippen molar-refractivity contribution in [2.24, 2.45) is 11.5 Å². The lowest BCUT2D eigenvalue weighted by Gasteiger charge is -2.19. The number of carbonyl (C=O) groups excluding carboxylic acids is 4. The topological polar surface area (TPSA) is 194 Å². The van der Waals surface area contributed by atoms with Crippen molar-refractivity contribution in [3.63, 3.8) is 0 Å². The maximum atomic E-state index is 12.0. The molecule has 0 aromatic carbocycles. The molecule has 0 heterocycles. The normalized spacial score (nSPS) is 14.0. The lowest BCUT2D eigenvalue weighted by molar-refractivity contribution is -0.141. The molecule has 136 valence electrons. The maximum absolute atomic E-state index is 12.0. The van der Waals surface area contributed by atoms with E-state index < -0.39 is 60.7 Å². The van der Waals surface area contributed by atoms with Crippen molar-refractivity contribution in [1.29, 1.82) is 0 Å². The van der Waals surface area contributed by atoms with E-state index in [0.29, 0.717) is 0 Å². The molecule has 0 aromatic heterocycles. The summed E-state index contributed by atoms with van der Waals surface area (Å²) in [5, 5.41) is 15.2. The van der Waals surface area contributed by atoms with E-state index >= 15 is 0 Å². The minimum Gasteiger partial charge on any atom is -0.480 e. The minimum absolute atomic E-state index is 0.0201. The van der Waals surface area contributed by atoms with Crippen LogP contribution in [0.2, 0.25) is 0 Å². The Morgan fingerprint density at radius 3 is 2.17 bits per heavy atom. The first-order valence-corrected chi connectivity index (χ1v) is 7.46. The van der Waals surface area contributed by atoms with Crippen LogP contribution in [-0.2, 0) is 24.0 Å². The third kappa shape index (κ3) is 8.33. The number of hydrogen-bond acceptors (Lipinski definition) is 7. The fourth-order valence-electron chi connectivity index (χ4n) is 1.42. The van der Waals surface area contributed by atoms with Gasteiger partial charge in [0.05, 0.1) is 19.0 Å². The Morgan fingerprint density at radius 2 is 1.71 bits per heavy atom. The number of primary amides is 1. The average Bonchev–Trinajstić information content (AvgIpc) is 2.50. The number of carboxylic acids is 1. The van der Waals surface area contributed by atoms with E-state index in [-0.39, 0.29) is 5.75 Å². The van der Waals surface area contributed by atoms with E-state index in [1.165, 1.54) is 6.92 Å². The summed E-state index contributed by atoms with van der Waals surface area (Å²) in [5.41, 5.74) is 10.5. The third-order valence-electron chi connectivity index (χ3n) is 2.74. The molecule has 3 unspecified atom stereocenters. The largest absolute Gasteiger partial charge is 0.480 e. The number of amides is 4. The van der Waals surface area contributed by atoms with Gasteiger partial charge in [-0.1, -0.05) is 0 Å². The van der Waals surface area contributed by atoms with Crippen LogP contribution >= 0.6 is 12.6 Å². The third-order valence-corrected chi connectivity index (χ3v) is 3.14. The summed E-state index contributed by atoms with van der Waals surface area (Å²) in [6, 6.07) is -3.44. The number of rotatable bonds is 10. The van der Waals surface area contributed by atoms with Crippen molar-refractivity contribution >= 4 is 42.2 Å². The van der Waals surface area contributed by atoms with Gasteiger partial charge in [-0.15, -0.1) is 0 Å². The molecular formula is C12H21N5O6S. The van der Waals surface area contributed by atoms with E-state index in [1.54, 1.807) is 0 Å². The predicted molar refractivity (Wildman–Crippen MR) is 85.8 cm³/mol. The van der Waals surface area contributed by atoms with Crippen molar-refractivity contribution < 1.29 is 29.1 Å². The van der Waals surface area contributed by atoms with Gasteiger partial charge < -0.3 is 32.5 Å². The van der Waals surface area contributed by atoms with Crippen LogP contribution in [-0.4, -0.2) is 65.1 Å². The zero-order valence-corrected chi connectivity index (χ0v) is 13.8. The molecule has 0 aromatic rings. The van der Waals surface area contributed by atoms with Crippen LogP contribution in [0.15, 0.2) is 0 Å². The Balaban J connectivity index is 4.65. The summed E-state index contributed by atoms with van der Waals surface area (Å²) in [4.78, 5) is 56.7. The van der Waals surface area contributed by atoms with E-state index in [1.807, 2.05) is 0 Å². The summed E-state index contributed by atoms with van der Waals surface area (Å²) >= 11 is 3.84. The number of carbonyl (C=O) groups is 5. The summed E-state index contributed by atoms with van der Waals surface area (Å²) in [5.74, 6) is -4.38. The molecule has 8 N–H and O–H groups in total. The quantitative estimate of drug-likeness (QED) is 0.194. The number of nitrogens with one attached hydrogen (secondary N) is 3. The highest BCUT2D eigenvalue weighted by Gasteiger charge is 2.25. The molecule has 24 heavy (non-hydrogen) atoms. The van der Waals surface area contributed by atoms with Gasteiger partial charge in [-0.2, -0.15) is 12.6 Å². The van der Waals surface area contributed by atoms with Gasteiger partial charge in [-0.05, 0) is 6.92 Å². The molecule has 0 aliphatic carbocycles. The minimum atomic E-state index is -1.31. The monoisotopic (exact) mass is 363 g/mol. The van der Waals surface area contributed by atoms with E-state index in [9.17, 15) is 24.0 Å².